The molecule has 1 atom stereocenters. The maximum absolute atomic E-state index is 12.3. The van der Waals surface area contributed by atoms with Crippen LogP contribution in [0.2, 0.25) is 0 Å². The van der Waals surface area contributed by atoms with Gasteiger partial charge in [0, 0.05) is 11.3 Å². The Morgan fingerprint density at radius 3 is 2.90 bits per heavy atom. The summed E-state index contributed by atoms with van der Waals surface area (Å²) in [4.78, 5) is 12.3. The summed E-state index contributed by atoms with van der Waals surface area (Å²) in [6, 6.07) is 7.60. The van der Waals surface area contributed by atoms with Crippen LogP contribution in [0.15, 0.2) is 24.3 Å². The average molecular weight is 290 g/mol. The molecule has 0 bridgehead atoms. The summed E-state index contributed by atoms with van der Waals surface area (Å²) in [5.74, 6) is 0.0438. The molecule has 2 heterocycles. The van der Waals surface area contributed by atoms with E-state index in [4.69, 9.17) is 9.47 Å². The molecule has 5 nitrogen and oxygen atoms in total. The highest BCUT2D eigenvalue weighted by Crippen LogP contribution is 2.25. The Hall–Kier alpha value is -1.43. The number of anilines is 1. The number of carbonyl (C=O) groups is 1. The summed E-state index contributed by atoms with van der Waals surface area (Å²) in [6.45, 7) is 2.16. The Balaban J connectivity index is 1.63. The van der Waals surface area contributed by atoms with Gasteiger partial charge in [0.1, 0.15) is 0 Å². The van der Waals surface area contributed by atoms with E-state index in [1.54, 1.807) is 0 Å². The van der Waals surface area contributed by atoms with Crippen molar-refractivity contribution >= 4 is 11.6 Å². The minimum absolute atomic E-state index is 0.0438. The number of ether oxygens (including phenoxy) is 2. The molecule has 1 unspecified atom stereocenters. The van der Waals surface area contributed by atoms with E-state index in [1.165, 1.54) is 6.42 Å². The third-order valence-electron chi connectivity index (χ3n) is 3.92. The second kappa shape index (κ2) is 7.02. The fourth-order valence-electron chi connectivity index (χ4n) is 2.80. The number of hydrogen-bond donors (Lipinski definition) is 2. The Bertz CT molecular complexity index is 478. The van der Waals surface area contributed by atoms with Gasteiger partial charge in [-0.2, -0.15) is 0 Å². The van der Waals surface area contributed by atoms with Gasteiger partial charge in [0.05, 0.1) is 19.3 Å². The molecule has 1 aromatic rings. The van der Waals surface area contributed by atoms with Crippen LogP contribution in [-0.4, -0.2) is 31.7 Å². The van der Waals surface area contributed by atoms with Crippen molar-refractivity contribution in [2.24, 2.45) is 0 Å². The molecule has 2 fully saturated rings. The van der Waals surface area contributed by atoms with E-state index in [0.29, 0.717) is 13.2 Å². The first-order chi connectivity index (χ1) is 10.3. The fourth-order valence-corrected chi connectivity index (χ4v) is 2.80. The van der Waals surface area contributed by atoms with E-state index in [9.17, 15) is 4.79 Å². The van der Waals surface area contributed by atoms with Gasteiger partial charge >= 0.3 is 0 Å². The van der Waals surface area contributed by atoms with Crippen LogP contribution in [0.3, 0.4) is 0 Å². The molecule has 2 N–H and O–H groups in total. The first kappa shape index (κ1) is 14.5. The third kappa shape index (κ3) is 3.81. The lowest BCUT2D eigenvalue weighted by Gasteiger charge is -2.16. The highest BCUT2D eigenvalue weighted by molar-refractivity contribution is 5.94. The molecule has 114 valence electrons. The van der Waals surface area contributed by atoms with Crippen LogP contribution in [0, 0.1) is 0 Å². The standard InChI is InChI=1S/C16H22N2O3/c19-15(14-7-2-1-3-8-17-14)18-13-6-4-5-12(11-13)16-20-9-10-21-16/h4-6,11,14,16-17H,1-3,7-10H2,(H,18,19). The van der Waals surface area contributed by atoms with E-state index >= 15 is 0 Å². The molecular formula is C16H22N2O3. The second-order valence-corrected chi connectivity index (χ2v) is 5.54. The van der Waals surface area contributed by atoms with E-state index in [1.807, 2.05) is 24.3 Å². The van der Waals surface area contributed by atoms with E-state index in [0.717, 1.165) is 37.1 Å². The smallest absolute Gasteiger partial charge is 0.241 e. The normalized spacial score (nSPS) is 23.7. The van der Waals surface area contributed by atoms with Gasteiger partial charge in [-0.3, -0.25) is 4.79 Å². The van der Waals surface area contributed by atoms with Gasteiger partial charge in [-0.25, -0.2) is 0 Å². The number of benzene rings is 1. The minimum atomic E-state index is -0.308. The summed E-state index contributed by atoms with van der Waals surface area (Å²) in [5.41, 5.74) is 1.74. The number of rotatable bonds is 3. The maximum atomic E-state index is 12.3. The zero-order chi connectivity index (χ0) is 14.5. The van der Waals surface area contributed by atoms with E-state index < -0.39 is 0 Å². The van der Waals surface area contributed by atoms with Crippen molar-refractivity contribution in [3.05, 3.63) is 29.8 Å². The molecule has 21 heavy (non-hydrogen) atoms. The molecule has 2 aliphatic rings. The maximum Gasteiger partial charge on any atom is 0.241 e. The lowest BCUT2D eigenvalue weighted by Crippen LogP contribution is -2.39. The van der Waals surface area contributed by atoms with Crippen molar-refractivity contribution in [3.8, 4) is 0 Å². The van der Waals surface area contributed by atoms with Crippen LogP contribution < -0.4 is 10.6 Å². The average Bonchev–Trinajstić information content (AvgIpc) is 2.90. The van der Waals surface area contributed by atoms with E-state index in [-0.39, 0.29) is 18.2 Å². The molecule has 0 radical (unpaired) electrons. The van der Waals surface area contributed by atoms with Crippen molar-refractivity contribution in [1.29, 1.82) is 0 Å². The lowest BCUT2D eigenvalue weighted by molar-refractivity contribution is -0.118. The van der Waals surface area contributed by atoms with Crippen LogP contribution in [0.1, 0.15) is 37.5 Å². The van der Waals surface area contributed by atoms with Crippen LogP contribution in [0.5, 0.6) is 0 Å². The number of nitrogens with one attached hydrogen (secondary N) is 2. The molecule has 2 saturated heterocycles. The predicted octanol–water partition coefficient (Wildman–Crippen LogP) is 2.20. The zero-order valence-electron chi connectivity index (χ0n) is 12.1. The molecule has 3 rings (SSSR count). The fraction of sp³-hybridized carbons (Fsp3) is 0.562. The van der Waals surface area contributed by atoms with Crippen LogP contribution >= 0.6 is 0 Å². The molecule has 0 aromatic heterocycles. The third-order valence-corrected chi connectivity index (χ3v) is 3.92. The Morgan fingerprint density at radius 2 is 2.05 bits per heavy atom. The Morgan fingerprint density at radius 1 is 1.19 bits per heavy atom. The van der Waals surface area contributed by atoms with Gasteiger partial charge in [-0.1, -0.05) is 25.0 Å². The minimum Gasteiger partial charge on any atom is -0.346 e. The van der Waals surface area contributed by atoms with Crippen molar-refractivity contribution in [2.45, 2.75) is 38.0 Å². The topological polar surface area (TPSA) is 59.6 Å². The summed E-state index contributed by atoms with van der Waals surface area (Å²) < 4.78 is 11.0. The van der Waals surface area contributed by atoms with Gasteiger partial charge in [-0.15, -0.1) is 0 Å². The van der Waals surface area contributed by atoms with Gasteiger partial charge in [0.15, 0.2) is 6.29 Å². The first-order valence-corrected chi connectivity index (χ1v) is 7.70. The monoisotopic (exact) mass is 290 g/mol. The van der Waals surface area contributed by atoms with Crippen molar-refractivity contribution in [3.63, 3.8) is 0 Å². The van der Waals surface area contributed by atoms with Crippen molar-refractivity contribution in [2.75, 3.05) is 25.1 Å². The molecule has 0 saturated carbocycles. The summed E-state index contributed by atoms with van der Waals surface area (Å²) in [5, 5.41) is 6.30. The largest absolute Gasteiger partial charge is 0.346 e. The SMILES string of the molecule is O=C(Nc1cccc(C2OCCO2)c1)C1CCCCCN1. The highest BCUT2D eigenvalue weighted by atomic mass is 16.7. The van der Waals surface area contributed by atoms with Crippen molar-refractivity contribution in [1.82, 2.24) is 5.32 Å². The van der Waals surface area contributed by atoms with Crippen LogP contribution in [0.4, 0.5) is 5.69 Å². The quantitative estimate of drug-likeness (QED) is 0.896. The highest BCUT2D eigenvalue weighted by Gasteiger charge is 2.21. The van der Waals surface area contributed by atoms with E-state index in [2.05, 4.69) is 10.6 Å². The molecule has 5 heteroatoms. The van der Waals surface area contributed by atoms with Gasteiger partial charge in [-0.05, 0) is 31.5 Å². The zero-order valence-corrected chi connectivity index (χ0v) is 12.1. The molecule has 1 amide bonds. The second-order valence-electron chi connectivity index (χ2n) is 5.54. The van der Waals surface area contributed by atoms with Gasteiger partial charge in [0.2, 0.25) is 5.91 Å². The Labute approximate surface area is 125 Å². The number of hydrogen-bond acceptors (Lipinski definition) is 4. The molecular weight excluding hydrogens is 268 g/mol. The van der Waals surface area contributed by atoms with Crippen LogP contribution in [0.25, 0.3) is 0 Å². The predicted molar refractivity (Wildman–Crippen MR) is 80.0 cm³/mol. The molecule has 0 spiro atoms. The Kier molecular flexibility index (Phi) is 4.85. The number of carbonyl (C=O) groups excluding carboxylic acids is 1. The lowest BCUT2D eigenvalue weighted by atomic mass is 10.1. The van der Waals surface area contributed by atoms with Gasteiger partial charge < -0.3 is 20.1 Å². The van der Waals surface area contributed by atoms with Gasteiger partial charge in [0.25, 0.3) is 0 Å². The molecule has 0 aliphatic carbocycles. The van der Waals surface area contributed by atoms with Crippen LogP contribution in [-0.2, 0) is 14.3 Å². The summed E-state index contributed by atoms with van der Waals surface area (Å²) in [7, 11) is 0. The van der Waals surface area contributed by atoms with Crippen molar-refractivity contribution < 1.29 is 14.3 Å². The summed E-state index contributed by atoms with van der Waals surface area (Å²) in [6.07, 6.45) is 4.05. The molecule has 1 aromatic carbocycles. The summed E-state index contributed by atoms with van der Waals surface area (Å²) >= 11 is 0. The number of amides is 1. The first-order valence-electron chi connectivity index (χ1n) is 7.70. The molecule has 2 aliphatic heterocycles.